The Balaban J connectivity index is 1.95. The maximum absolute atomic E-state index is 11.6. The van der Waals surface area contributed by atoms with Gasteiger partial charge in [0.2, 0.25) is 0 Å². The van der Waals surface area contributed by atoms with Gasteiger partial charge in [0.25, 0.3) is 0 Å². The maximum atomic E-state index is 11.6. The maximum Gasteiger partial charge on any atom is 0.308 e. The molecule has 0 bridgehead atoms. The van der Waals surface area contributed by atoms with Crippen molar-refractivity contribution in [2.45, 2.75) is 19.3 Å². The van der Waals surface area contributed by atoms with E-state index in [9.17, 15) is 4.79 Å². The van der Waals surface area contributed by atoms with Gasteiger partial charge in [-0.1, -0.05) is 12.1 Å². The van der Waals surface area contributed by atoms with Crippen LogP contribution in [0.1, 0.15) is 24.8 Å². The molecule has 104 valence electrons. The third-order valence-corrected chi connectivity index (χ3v) is 4.37. The number of nitrogens with zero attached hydrogens (tertiary/aromatic N) is 2. The molecule has 0 amide bonds. The summed E-state index contributed by atoms with van der Waals surface area (Å²) in [5.41, 5.74) is 3.53. The highest BCUT2D eigenvalue weighted by molar-refractivity contribution is 9.10. The standard InChI is InChI=1S/C15H15BrN2O2/c1-20-15(19)11-6-4-10(5-7-11)12-3-2-8-18-14(12)13(16)9-17-18/h2-4,8-9,11H,5-7H2,1H3. The van der Waals surface area contributed by atoms with Crippen LogP contribution in [0.4, 0.5) is 0 Å². The average Bonchev–Trinajstić information content (AvgIpc) is 2.88. The third-order valence-electron chi connectivity index (χ3n) is 3.79. The van der Waals surface area contributed by atoms with Crippen LogP contribution in [0.3, 0.4) is 0 Å². The number of ether oxygens (including phenoxy) is 1. The molecule has 0 radical (unpaired) electrons. The van der Waals surface area contributed by atoms with Gasteiger partial charge in [-0.15, -0.1) is 0 Å². The lowest BCUT2D eigenvalue weighted by atomic mass is 9.86. The summed E-state index contributed by atoms with van der Waals surface area (Å²) in [6.07, 6.45) is 8.36. The molecule has 0 spiro atoms. The van der Waals surface area contributed by atoms with Crippen LogP contribution in [-0.4, -0.2) is 22.7 Å². The van der Waals surface area contributed by atoms with Crippen molar-refractivity contribution in [3.05, 3.63) is 40.6 Å². The van der Waals surface area contributed by atoms with Crippen molar-refractivity contribution >= 4 is 33.0 Å². The molecule has 0 saturated heterocycles. The van der Waals surface area contributed by atoms with Gasteiger partial charge in [-0.25, -0.2) is 4.52 Å². The predicted octanol–water partition coefficient (Wildman–Crippen LogP) is 3.45. The van der Waals surface area contributed by atoms with E-state index >= 15 is 0 Å². The van der Waals surface area contributed by atoms with Crippen LogP contribution >= 0.6 is 15.9 Å². The van der Waals surface area contributed by atoms with Crippen molar-refractivity contribution in [1.82, 2.24) is 9.61 Å². The first-order valence-corrected chi connectivity index (χ1v) is 7.39. The van der Waals surface area contributed by atoms with Gasteiger partial charge in [0, 0.05) is 11.8 Å². The van der Waals surface area contributed by atoms with Gasteiger partial charge in [-0.2, -0.15) is 5.10 Å². The van der Waals surface area contributed by atoms with Crippen molar-refractivity contribution in [2.24, 2.45) is 5.92 Å². The van der Waals surface area contributed by atoms with Crippen molar-refractivity contribution < 1.29 is 9.53 Å². The molecule has 0 N–H and O–H groups in total. The van der Waals surface area contributed by atoms with Crippen LogP contribution in [0.15, 0.2) is 35.1 Å². The first-order valence-electron chi connectivity index (χ1n) is 6.60. The normalized spacial score (nSPS) is 18.9. The molecule has 2 aromatic rings. The Hall–Kier alpha value is -1.62. The van der Waals surface area contributed by atoms with E-state index in [4.69, 9.17) is 4.74 Å². The summed E-state index contributed by atoms with van der Waals surface area (Å²) < 4.78 is 7.68. The van der Waals surface area contributed by atoms with E-state index in [1.807, 2.05) is 16.8 Å². The summed E-state index contributed by atoms with van der Waals surface area (Å²) in [5, 5.41) is 4.30. The van der Waals surface area contributed by atoms with E-state index in [1.165, 1.54) is 18.2 Å². The Morgan fingerprint density at radius 1 is 1.55 bits per heavy atom. The molecular formula is C15H15BrN2O2. The van der Waals surface area contributed by atoms with Gasteiger partial charge < -0.3 is 4.74 Å². The van der Waals surface area contributed by atoms with Gasteiger partial charge in [0.1, 0.15) is 0 Å². The van der Waals surface area contributed by atoms with Crippen LogP contribution in [0, 0.1) is 5.92 Å². The molecule has 5 heteroatoms. The molecule has 0 aliphatic heterocycles. The van der Waals surface area contributed by atoms with Crippen molar-refractivity contribution in [3.63, 3.8) is 0 Å². The van der Waals surface area contributed by atoms with Gasteiger partial charge in [-0.05, 0) is 46.8 Å². The second kappa shape index (κ2) is 5.40. The van der Waals surface area contributed by atoms with E-state index in [0.717, 1.165) is 29.3 Å². The first kappa shape index (κ1) is 13.4. The monoisotopic (exact) mass is 334 g/mol. The number of esters is 1. The quantitative estimate of drug-likeness (QED) is 0.790. The number of hydrogen-bond donors (Lipinski definition) is 0. The first-order chi connectivity index (χ1) is 9.70. The number of pyridine rings is 1. The lowest BCUT2D eigenvalue weighted by Crippen LogP contribution is -2.18. The molecule has 1 atom stereocenters. The molecule has 2 aromatic heterocycles. The molecule has 2 heterocycles. The summed E-state index contributed by atoms with van der Waals surface area (Å²) in [7, 11) is 1.45. The molecule has 1 aliphatic carbocycles. The lowest BCUT2D eigenvalue weighted by Gasteiger charge is -2.20. The minimum Gasteiger partial charge on any atom is -0.469 e. The molecule has 0 fully saturated rings. The number of fused-ring (bicyclic) bond motifs is 1. The number of methoxy groups -OCH3 is 1. The molecule has 20 heavy (non-hydrogen) atoms. The fourth-order valence-corrected chi connectivity index (χ4v) is 3.21. The Morgan fingerprint density at radius 3 is 3.10 bits per heavy atom. The molecule has 0 saturated carbocycles. The topological polar surface area (TPSA) is 43.6 Å². The Kier molecular flexibility index (Phi) is 3.61. The second-order valence-electron chi connectivity index (χ2n) is 4.93. The van der Waals surface area contributed by atoms with Crippen molar-refractivity contribution in [1.29, 1.82) is 0 Å². The number of rotatable bonds is 2. The third kappa shape index (κ3) is 2.26. The predicted molar refractivity (Wildman–Crippen MR) is 80.2 cm³/mol. The van der Waals surface area contributed by atoms with Gasteiger partial charge in [0.15, 0.2) is 0 Å². The van der Waals surface area contributed by atoms with Gasteiger partial charge >= 0.3 is 5.97 Å². The van der Waals surface area contributed by atoms with Gasteiger partial charge in [0.05, 0.1) is 29.2 Å². The highest BCUT2D eigenvalue weighted by Crippen LogP contribution is 2.34. The Labute approximate surface area is 125 Å². The summed E-state index contributed by atoms with van der Waals surface area (Å²) in [6, 6.07) is 4.10. The van der Waals surface area contributed by atoms with E-state index in [0.29, 0.717) is 0 Å². The van der Waals surface area contributed by atoms with E-state index in [1.54, 1.807) is 6.20 Å². The van der Waals surface area contributed by atoms with Crippen LogP contribution in [0.2, 0.25) is 0 Å². The fourth-order valence-electron chi connectivity index (χ4n) is 2.72. The SMILES string of the molecule is COC(=O)C1CC=C(c2cccn3ncc(Br)c23)CC1. The summed E-state index contributed by atoms with van der Waals surface area (Å²) in [5.74, 6) is -0.110. The van der Waals surface area contributed by atoms with Gasteiger partial charge in [-0.3, -0.25) is 4.79 Å². The highest BCUT2D eigenvalue weighted by Gasteiger charge is 2.23. The summed E-state index contributed by atoms with van der Waals surface area (Å²) in [4.78, 5) is 11.6. The van der Waals surface area contributed by atoms with E-state index in [-0.39, 0.29) is 11.9 Å². The summed E-state index contributed by atoms with van der Waals surface area (Å²) >= 11 is 3.55. The van der Waals surface area contributed by atoms with Crippen molar-refractivity contribution in [2.75, 3.05) is 7.11 Å². The number of allylic oxidation sites excluding steroid dienone is 2. The number of carbonyl (C=O) groups is 1. The fraction of sp³-hybridized carbons (Fsp3) is 0.333. The Morgan fingerprint density at radius 2 is 2.40 bits per heavy atom. The van der Waals surface area contributed by atoms with Crippen LogP contribution < -0.4 is 0 Å². The average molecular weight is 335 g/mol. The zero-order valence-corrected chi connectivity index (χ0v) is 12.8. The van der Waals surface area contributed by atoms with E-state index in [2.05, 4.69) is 33.2 Å². The number of carbonyl (C=O) groups excluding carboxylic acids is 1. The number of hydrogen-bond acceptors (Lipinski definition) is 3. The van der Waals surface area contributed by atoms with E-state index < -0.39 is 0 Å². The molecule has 1 unspecified atom stereocenters. The van der Waals surface area contributed by atoms with Crippen LogP contribution in [0.25, 0.3) is 11.1 Å². The zero-order chi connectivity index (χ0) is 14.1. The molecular weight excluding hydrogens is 320 g/mol. The number of halogens is 1. The molecule has 1 aliphatic rings. The van der Waals surface area contributed by atoms with Crippen molar-refractivity contribution in [3.8, 4) is 0 Å². The zero-order valence-electron chi connectivity index (χ0n) is 11.2. The largest absolute Gasteiger partial charge is 0.469 e. The van der Waals surface area contributed by atoms with Crippen LogP contribution in [0.5, 0.6) is 0 Å². The minimum absolute atomic E-state index is 0.00293. The Bertz CT molecular complexity index is 690. The number of aromatic nitrogens is 2. The summed E-state index contributed by atoms with van der Waals surface area (Å²) in [6.45, 7) is 0. The second-order valence-corrected chi connectivity index (χ2v) is 5.79. The minimum atomic E-state index is -0.107. The highest BCUT2D eigenvalue weighted by atomic mass is 79.9. The molecule has 0 aromatic carbocycles. The molecule has 4 nitrogen and oxygen atoms in total. The van der Waals surface area contributed by atoms with Crippen LogP contribution in [-0.2, 0) is 9.53 Å². The molecule has 3 rings (SSSR count). The smallest absolute Gasteiger partial charge is 0.308 e. The lowest BCUT2D eigenvalue weighted by molar-refractivity contribution is -0.145.